The Morgan fingerprint density at radius 3 is 1.14 bits per heavy atom. The molecule has 0 unspecified atom stereocenters. The summed E-state index contributed by atoms with van der Waals surface area (Å²) in [5.74, 6) is 0. The summed E-state index contributed by atoms with van der Waals surface area (Å²) in [7, 11) is 0. The maximum absolute atomic E-state index is 9.10. The number of halogens is 1. The SMILES string of the molecule is CCCCC[N+](CCCCC)(CCCCC)CCCCO.[Br-]. The third-order valence-electron chi connectivity index (χ3n) is 4.75. The highest BCUT2D eigenvalue weighted by Gasteiger charge is 2.25. The lowest BCUT2D eigenvalue weighted by Crippen LogP contribution is -3.00. The second kappa shape index (κ2) is 17.7. The monoisotopic (exact) mass is 379 g/mol. The van der Waals surface area contributed by atoms with Gasteiger partial charge in [-0.1, -0.05) is 40.0 Å². The van der Waals surface area contributed by atoms with Gasteiger partial charge < -0.3 is 26.6 Å². The minimum absolute atomic E-state index is 0. The van der Waals surface area contributed by atoms with Gasteiger partial charge in [0.05, 0.1) is 26.2 Å². The summed E-state index contributed by atoms with van der Waals surface area (Å²) in [6, 6.07) is 0. The molecule has 0 heterocycles. The van der Waals surface area contributed by atoms with Crippen LogP contribution in [0.15, 0.2) is 0 Å². The van der Waals surface area contributed by atoms with E-state index in [1.54, 1.807) is 0 Å². The predicted molar refractivity (Wildman–Crippen MR) is 94.6 cm³/mol. The van der Waals surface area contributed by atoms with E-state index in [2.05, 4.69) is 20.8 Å². The van der Waals surface area contributed by atoms with Crippen molar-refractivity contribution in [1.82, 2.24) is 0 Å². The highest BCUT2D eigenvalue weighted by molar-refractivity contribution is 4.51. The molecule has 136 valence electrons. The molecule has 0 aliphatic rings. The number of aliphatic hydroxyl groups is 1. The average molecular weight is 380 g/mol. The first-order valence-electron chi connectivity index (χ1n) is 9.70. The highest BCUT2D eigenvalue weighted by Crippen LogP contribution is 2.18. The third kappa shape index (κ3) is 12.9. The first-order valence-corrected chi connectivity index (χ1v) is 9.70. The molecule has 0 aromatic heterocycles. The van der Waals surface area contributed by atoms with Crippen molar-refractivity contribution in [3.63, 3.8) is 0 Å². The first kappa shape index (κ1) is 24.6. The van der Waals surface area contributed by atoms with Gasteiger partial charge in [-0.3, -0.25) is 0 Å². The quantitative estimate of drug-likeness (QED) is 0.321. The zero-order valence-corrected chi connectivity index (χ0v) is 17.2. The normalized spacial score (nSPS) is 11.5. The van der Waals surface area contributed by atoms with Crippen molar-refractivity contribution in [3.8, 4) is 0 Å². The number of hydrogen-bond acceptors (Lipinski definition) is 1. The number of hydrogen-bond donors (Lipinski definition) is 1. The van der Waals surface area contributed by atoms with E-state index in [1.807, 2.05) is 0 Å². The van der Waals surface area contributed by atoms with Gasteiger partial charge in [0, 0.05) is 6.61 Å². The molecule has 0 aliphatic heterocycles. The molecular formula is C19H42BrNO. The Labute approximate surface area is 151 Å². The van der Waals surface area contributed by atoms with Gasteiger partial charge in [-0.05, 0) is 51.4 Å². The molecule has 0 amide bonds. The van der Waals surface area contributed by atoms with Crippen LogP contribution in [0, 0.1) is 0 Å². The fourth-order valence-electron chi connectivity index (χ4n) is 3.32. The molecule has 0 rings (SSSR count). The fourth-order valence-corrected chi connectivity index (χ4v) is 3.32. The molecule has 0 saturated carbocycles. The molecular weight excluding hydrogens is 338 g/mol. The van der Waals surface area contributed by atoms with Crippen LogP contribution in [0.1, 0.15) is 91.4 Å². The minimum atomic E-state index is 0. The van der Waals surface area contributed by atoms with Crippen molar-refractivity contribution in [1.29, 1.82) is 0 Å². The summed E-state index contributed by atoms with van der Waals surface area (Å²) in [6.45, 7) is 12.7. The van der Waals surface area contributed by atoms with Gasteiger partial charge in [0.2, 0.25) is 0 Å². The van der Waals surface area contributed by atoms with Crippen LogP contribution in [0.2, 0.25) is 0 Å². The van der Waals surface area contributed by atoms with Crippen molar-refractivity contribution in [2.75, 3.05) is 32.8 Å². The molecule has 2 nitrogen and oxygen atoms in total. The van der Waals surface area contributed by atoms with Gasteiger partial charge in [-0.25, -0.2) is 0 Å². The van der Waals surface area contributed by atoms with Crippen LogP contribution in [-0.4, -0.2) is 42.4 Å². The smallest absolute Gasteiger partial charge is 0.0787 e. The average Bonchev–Trinajstić information content (AvgIpc) is 2.48. The van der Waals surface area contributed by atoms with E-state index in [0.717, 1.165) is 6.42 Å². The lowest BCUT2D eigenvalue weighted by atomic mass is 10.1. The van der Waals surface area contributed by atoms with Crippen molar-refractivity contribution < 1.29 is 26.6 Å². The zero-order chi connectivity index (χ0) is 15.8. The summed E-state index contributed by atoms with van der Waals surface area (Å²) in [4.78, 5) is 0. The first-order chi connectivity index (χ1) is 10.2. The highest BCUT2D eigenvalue weighted by atomic mass is 79.9. The molecule has 0 aromatic rings. The van der Waals surface area contributed by atoms with E-state index in [0.29, 0.717) is 6.61 Å². The largest absolute Gasteiger partial charge is 1.00 e. The molecule has 22 heavy (non-hydrogen) atoms. The van der Waals surface area contributed by atoms with Crippen LogP contribution in [0.25, 0.3) is 0 Å². The fraction of sp³-hybridized carbons (Fsp3) is 1.00. The number of quaternary nitrogens is 1. The van der Waals surface area contributed by atoms with Crippen molar-refractivity contribution in [3.05, 3.63) is 0 Å². The second-order valence-corrected chi connectivity index (χ2v) is 6.79. The van der Waals surface area contributed by atoms with Gasteiger partial charge in [-0.2, -0.15) is 0 Å². The molecule has 0 fully saturated rings. The van der Waals surface area contributed by atoms with Crippen LogP contribution in [0.4, 0.5) is 0 Å². The van der Waals surface area contributed by atoms with Crippen LogP contribution >= 0.6 is 0 Å². The lowest BCUT2D eigenvalue weighted by Gasteiger charge is -2.39. The summed E-state index contributed by atoms with van der Waals surface area (Å²) >= 11 is 0. The number of unbranched alkanes of at least 4 members (excludes halogenated alkanes) is 7. The van der Waals surface area contributed by atoms with Crippen LogP contribution in [0.3, 0.4) is 0 Å². The van der Waals surface area contributed by atoms with Crippen molar-refractivity contribution in [2.45, 2.75) is 91.4 Å². The molecule has 3 heteroatoms. The number of nitrogens with zero attached hydrogens (tertiary/aromatic N) is 1. The molecule has 1 N–H and O–H groups in total. The summed E-state index contributed by atoms with van der Waals surface area (Å²) in [5, 5.41) is 9.10. The van der Waals surface area contributed by atoms with Crippen LogP contribution in [0.5, 0.6) is 0 Å². The second-order valence-electron chi connectivity index (χ2n) is 6.79. The Hall–Kier alpha value is 0.400. The topological polar surface area (TPSA) is 20.2 Å². The Kier molecular flexibility index (Phi) is 19.9. The van der Waals surface area contributed by atoms with Gasteiger partial charge in [0.1, 0.15) is 0 Å². The van der Waals surface area contributed by atoms with Gasteiger partial charge in [0.25, 0.3) is 0 Å². The van der Waals surface area contributed by atoms with Gasteiger partial charge >= 0.3 is 0 Å². The molecule has 0 radical (unpaired) electrons. The van der Waals surface area contributed by atoms with Crippen LogP contribution < -0.4 is 17.0 Å². The predicted octanol–water partition coefficient (Wildman–Crippen LogP) is 2.15. The summed E-state index contributed by atoms with van der Waals surface area (Å²) in [6.07, 6.45) is 14.4. The molecule has 0 saturated heterocycles. The Morgan fingerprint density at radius 1 is 0.545 bits per heavy atom. The number of rotatable bonds is 16. The lowest BCUT2D eigenvalue weighted by molar-refractivity contribution is -0.929. The molecule has 0 aliphatic carbocycles. The standard InChI is InChI=1S/C19H42NO.BrH/c1-4-7-10-15-20(16-11-8-5-2,17-12-9-6-3)18-13-14-19-21;/h21H,4-19H2,1-3H3;1H/q+1;/p-1. The molecule has 0 atom stereocenters. The zero-order valence-electron chi connectivity index (χ0n) is 15.6. The summed E-state index contributed by atoms with van der Waals surface area (Å²) in [5.41, 5.74) is 0. The van der Waals surface area contributed by atoms with E-state index >= 15 is 0 Å². The Bertz CT molecular complexity index is 166. The molecule has 0 spiro atoms. The van der Waals surface area contributed by atoms with Crippen molar-refractivity contribution in [2.24, 2.45) is 0 Å². The van der Waals surface area contributed by atoms with Gasteiger partial charge in [-0.15, -0.1) is 0 Å². The van der Waals surface area contributed by atoms with E-state index in [9.17, 15) is 0 Å². The van der Waals surface area contributed by atoms with E-state index in [4.69, 9.17) is 5.11 Å². The van der Waals surface area contributed by atoms with Crippen LogP contribution in [-0.2, 0) is 0 Å². The summed E-state index contributed by atoms with van der Waals surface area (Å²) < 4.78 is 1.33. The van der Waals surface area contributed by atoms with E-state index in [1.165, 1.54) is 94.9 Å². The molecule has 0 bridgehead atoms. The Morgan fingerprint density at radius 2 is 0.864 bits per heavy atom. The maximum Gasteiger partial charge on any atom is 0.0787 e. The maximum atomic E-state index is 9.10. The Balaban J connectivity index is 0. The van der Waals surface area contributed by atoms with E-state index in [-0.39, 0.29) is 17.0 Å². The molecule has 0 aromatic carbocycles. The van der Waals surface area contributed by atoms with Crippen molar-refractivity contribution >= 4 is 0 Å². The number of aliphatic hydroxyl groups excluding tert-OH is 1. The minimum Gasteiger partial charge on any atom is -1.00 e. The van der Waals surface area contributed by atoms with E-state index < -0.39 is 0 Å². The third-order valence-corrected chi connectivity index (χ3v) is 4.75. The van der Waals surface area contributed by atoms with Gasteiger partial charge in [0.15, 0.2) is 0 Å².